The molecule has 14 heteroatoms. The van der Waals surface area contributed by atoms with Crippen molar-refractivity contribution in [1.82, 2.24) is 19.9 Å². The molecule has 0 saturated carbocycles. The molecule has 5 heterocycles. The van der Waals surface area contributed by atoms with E-state index in [1.165, 1.54) is 5.56 Å². The third kappa shape index (κ3) is 9.01. The van der Waals surface area contributed by atoms with Crippen molar-refractivity contribution in [2.45, 2.75) is 12.8 Å². The zero-order valence-corrected chi connectivity index (χ0v) is 28.2. The van der Waals surface area contributed by atoms with Crippen LogP contribution >= 0.6 is 23.2 Å². The van der Waals surface area contributed by atoms with Gasteiger partial charge in [-0.1, -0.05) is 71.7 Å². The van der Waals surface area contributed by atoms with Crippen molar-refractivity contribution in [2.75, 3.05) is 97.2 Å². The topological polar surface area (TPSA) is 112 Å². The van der Waals surface area contributed by atoms with Gasteiger partial charge in [0, 0.05) is 63.6 Å². The molecule has 4 aromatic rings. The second kappa shape index (κ2) is 16.7. The monoisotopic (exact) mass is 691 g/mol. The van der Waals surface area contributed by atoms with Gasteiger partial charge in [0.15, 0.2) is 0 Å². The molecule has 1 N–H and O–H groups in total. The normalized spacial score (nSPS) is 16.5. The zero-order chi connectivity index (χ0) is 33.1. The van der Waals surface area contributed by atoms with E-state index in [-0.39, 0.29) is 6.03 Å². The van der Waals surface area contributed by atoms with Crippen LogP contribution in [0.4, 0.5) is 34.0 Å². The summed E-state index contributed by atoms with van der Waals surface area (Å²) >= 11 is 12.3. The number of halogens is 2. The van der Waals surface area contributed by atoms with Crippen molar-refractivity contribution in [1.29, 1.82) is 0 Å². The molecule has 0 radical (unpaired) electrons. The molecule has 2 amide bonds. The minimum absolute atomic E-state index is 0.103. The number of urea groups is 1. The number of para-hydroxylation sites is 1. The lowest BCUT2D eigenvalue weighted by molar-refractivity contribution is 0.122. The summed E-state index contributed by atoms with van der Waals surface area (Å²) in [6, 6.07) is 23.4. The maximum Gasteiger partial charge on any atom is 0.330 e. The lowest BCUT2D eigenvalue weighted by Gasteiger charge is -2.27. The standard InChI is InChI=1S/C17H18ClN5O2.C17H21ClN4O/c18-14-12-15(20-16(19-14)21-8-10-25-11-9-21)23-7-6-22(17(23)24)13-4-2-1-3-5-13;18-15-13-16(19-8-4-7-14-5-2-1-3-6-14)21-17(20-15)22-9-11-23-12-10-22/h1-5,12H,6-11H2;1-3,5-6,13H,4,7-12H2,(H,19,20,21). The van der Waals surface area contributed by atoms with Crippen LogP contribution in [0.1, 0.15) is 12.0 Å². The quantitative estimate of drug-likeness (QED) is 0.180. The average molecular weight is 693 g/mol. The highest BCUT2D eigenvalue weighted by molar-refractivity contribution is 6.30. The second-order valence-electron chi connectivity index (χ2n) is 11.4. The van der Waals surface area contributed by atoms with Gasteiger partial charge in [-0.2, -0.15) is 9.97 Å². The number of aryl methyl sites for hydroxylation is 1. The molecule has 3 aliphatic heterocycles. The third-order valence-corrected chi connectivity index (χ3v) is 8.47. The fourth-order valence-electron chi connectivity index (χ4n) is 5.59. The largest absolute Gasteiger partial charge is 0.378 e. The first-order valence-electron chi connectivity index (χ1n) is 16.2. The molecule has 0 spiro atoms. The molecule has 2 aromatic heterocycles. The highest BCUT2D eigenvalue weighted by Gasteiger charge is 2.32. The Balaban J connectivity index is 0.000000168. The number of amides is 2. The van der Waals surface area contributed by atoms with Crippen molar-refractivity contribution in [3.8, 4) is 0 Å². The summed E-state index contributed by atoms with van der Waals surface area (Å²) in [5, 5.41) is 4.14. The van der Waals surface area contributed by atoms with Crippen molar-refractivity contribution in [3.63, 3.8) is 0 Å². The van der Waals surface area contributed by atoms with Crippen LogP contribution in [-0.2, 0) is 15.9 Å². The van der Waals surface area contributed by atoms with Crippen LogP contribution in [0.3, 0.4) is 0 Å². The molecule has 0 atom stereocenters. The third-order valence-electron chi connectivity index (χ3n) is 8.09. The molecule has 3 aliphatic rings. The molecule has 12 nitrogen and oxygen atoms in total. The molecular weight excluding hydrogens is 653 g/mol. The van der Waals surface area contributed by atoms with E-state index in [1.807, 2.05) is 41.3 Å². The Morgan fingerprint density at radius 3 is 1.88 bits per heavy atom. The van der Waals surface area contributed by atoms with Crippen molar-refractivity contribution in [3.05, 3.63) is 88.7 Å². The lowest BCUT2D eigenvalue weighted by Crippen LogP contribution is -2.38. The highest BCUT2D eigenvalue weighted by Crippen LogP contribution is 2.27. The summed E-state index contributed by atoms with van der Waals surface area (Å²) in [7, 11) is 0. The van der Waals surface area contributed by atoms with E-state index in [0.717, 1.165) is 44.0 Å². The smallest absolute Gasteiger partial charge is 0.330 e. The van der Waals surface area contributed by atoms with E-state index in [2.05, 4.69) is 54.4 Å². The summed E-state index contributed by atoms with van der Waals surface area (Å²) in [6.07, 6.45) is 2.08. The van der Waals surface area contributed by atoms with Gasteiger partial charge < -0.3 is 24.6 Å². The zero-order valence-electron chi connectivity index (χ0n) is 26.7. The Kier molecular flexibility index (Phi) is 11.7. The van der Waals surface area contributed by atoms with Crippen molar-refractivity contribution in [2.24, 2.45) is 0 Å². The first kappa shape index (κ1) is 33.7. The first-order chi connectivity index (χ1) is 23.5. The predicted octanol–water partition coefficient (Wildman–Crippen LogP) is 5.42. The molecule has 3 fully saturated rings. The van der Waals surface area contributed by atoms with Gasteiger partial charge >= 0.3 is 6.03 Å². The number of carbonyl (C=O) groups excluding carboxylic acids is 1. The summed E-state index contributed by atoms with van der Waals surface area (Å²) in [6.45, 7) is 7.72. The van der Waals surface area contributed by atoms with Gasteiger partial charge in [0.05, 0.1) is 26.4 Å². The Hall–Kier alpha value is -4.23. The van der Waals surface area contributed by atoms with Crippen LogP contribution < -0.4 is 24.9 Å². The number of carbonyl (C=O) groups is 1. The maximum absolute atomic E-state index is 12.8. The van der Waals surface area contributed by atoms with E-state index in [4.69, 9.17) is 32.7 Å². The lowest BCUT2D eigenvalue weighted by atomic mass is 10.1. The SMILES string of the molecule is Clc1cc(NCCCc2ccccc2)nc(N2CCOCC2)n1.O=C1N(c2ccccc2)CCN1c1cc(Cl)nc(N2CCOCC2)n1. The van der Waals surface area contributed by atoms with Crippen molar-refractivity contribution >= 4 is 58.5 Å². The van der Waals surface area contributed by atoms with E-state index in [1.54, 1.807) is 21.9 Å². The molecular formula is C34H39Cl2N9O3. The molecule has 3 saturated heterocycles. The van der Waals surface area contributed by atoms with Gasteiger partial charge in [0.1, 0.15) is 21.9 Å². The fraction of sp³-hybridized carbons (Fsp3) is 0.382. The minimum atomic E-state index is -0.103. The number of morpholine rings is 2. The Morgan fingerprint density at radius 2 is 1.23 bits per heavy atom. The molecule has 0 bridgehead atoms. The number of nitrogens with zero attached hydrogens (tertiary/aromatic N) is 8. The van der Waals surface area contributed by atoms with E-state index in [9.17, 15) is 4.79 Å². The van der Waals surface area contributed by atoms with Gasteiger partial charge in [0.2, 0.25) is 11.9 Å². The summed E-state index contributed by atoms with van der Waals surface area (Å²) < 4.78 is 10.7. The number of rotatable bonds is 9. The molecule has 0 aliphatic carbocycles. The number of hydrogen-bond acceptors (Lipinski definition) is 10. The molecule has 2 aromatic carbocycles. The second-order valence-corrected chi connectivity index (χ2v) is 12.1. The van der Waals surface area contributed by atoms with Crippen molar-refractivity contribution < 1.29 is 14.3 Å². The fourth-order valence-corrected chi connectivity index (χ4v) is 5.94. The van der Waals surface area contributed by atoms with Crippen LogP contribution in [0, 0.1) is 0 Å². The van der Waals surface area contributed by atoms with Gasteiger partial charge in [-0.15, -0.1) is 0 Å². The Labute approximate surface area is 290 Å². The van der Waals surface area contributed by atoms with E-state index < -0.39 is 0 Å². The van der Waals surface area contributed by atoms with Crippen LogP contribution in [-0.4, -0.2) is 98.2 Å². The number of aromatic nitrogens is 4. The molecule has 252 valence electrons. The number of benzene rings is 2. The average Bonchev–Trinajstić information content (AvgIpc) is 3.52. The summed E-state index contributed by atoms with van der Waals surface area (Å²) in [5.41, 5.74) is 2.23. The molecule has 7 rings (SSSR count). The summed E-state index contributed by atoms with van der Waals surface area (Å²) in [4.78, 5) is 38.1. The molecule has 48 heavy (non-hydrogen) atoms. The Bertz CT molecular complexity index is 1630. The number of ether oxygens (including phenoxy) is 2. The number of nitrogens with one attached hydrogen (secondary N) is 1. The van der Waals surface area contributed by atoms with Gasteiger partial charge in [0.25, 0.3) is 0 Å². The minimum Gasteiger partial charge on any atom is -0.378 e. The number of hydrogen-bond donors (Lipinski definition) is 1. The predicted molar refractivity (Wildman–Crippen MR) is 190 cm³/mol. The summed E-state index contributed by atoms with van der Waals surface area (Å²) in [5.74, 6) is 2.52. The first-order valence-corrected chi connectivity index (χ1v) is 17.0. The Morgan fingerprint density at radius 1 is 0.667 bits per heavy atom. The van der Waals surface area contributed by atoms with Crippen LogP contribution in [0.2, 0.25) is 10.3 Å². The van der Waals surface area contributed by atoms with Crippen LogP contribution in [0.15, 0.2) is 72.8 Å². The van der Waals surface area contributed by atoms with Gasteiger partial charge in [-0.05, 0) is 30.5 Å². The van der Waals surface area contributed by atoms with E-state index >= 15 is 0 Å². The number of anilines is 5. The van der Waals surface area contributed by atoms with Gasteiger partial charge in [-0.3, -0.25) is 9.80 Å². The molecule has 0 unspecified atom stereocenters. The maximum atomic E-state index is 12.8. The van der Waals surface area contributed by atoms with E-state index in [0.29, 0.717) is 80.6 Å². The highest BCUT2D eigenvalue weighted by atomic mass is 35.5. The van der Waals surface area contributed by atoms with Crippen LogP contribution in [0.5, 0.6) is 0 Å². The van der Waals surface area contributed by atoms with Crippen LogP contribution in [0.25, 0.3) is 0 Å². The van der Waals surface area contributed by atoms with Gasteiger partial charge in [-0.25, -0.2) is 14.8 Å².